The van der Waals surface area contributed by atoms with E-state index in [-0.39, 0.29) is 53.3 Å². The summed E-state index contributed by atoms with van der Waals surface area (Å²) in [6.45, 7) is 17.9. The van der Waals surface area contributed by atoms with Crippen LogP contribution in [0.15, 0.2) is 48.5 Å². The summed E-state index contributed by atoms with van der Waals surface area (Å²) in [5.74, 6) is 1.02. The molecular weight excluding hydrogens is 859 g/mol. The first-order valence-electron chi connectivity index (χ1n) is 20.8. The van der Waals surface area contributed by atoms with E-state index in [1.165, 1.54) is 44.9 Å². The smallest absolute Gasteiger partial charge is 0.261 e. The third-order valence-corrected chi connectivity index (χ3v) is 19.8. The Morgan fingerprint density at radius 2 is 1.13 bits per heavy atom. The Bertz CT molecular complexity index is 1340. The first-order chi connectivity index (χ1) is 24.5. The predicted octanol–water partition coefficient (Wildman–Crippen LogP) is 14.0. The van der Waals surface area contributed by atoms with Crippen LogP contribution in [-0.4, -0.2) is 52.2 Å². The Balaban J connectivity index is 0.000000477. The Kier molecular flexibility index (Phi) is 24.8. The zero-order chi connectivity index (χ0) is 38.4. The number of hydrogen-bond donors (Lipinski definition) is 2. The standard InChI is InChI=1S/C27H52P2.C12H10N.C5H10.CH4O3S.Fe.Pd/c1-21(29(26(2,3)4)27(5,6)7)22-18-19-25(20-22)28(23-14-10-8-11-15-23)24-16-12-9-13-17-24;13-12-9-5-4-8-11(12)10-6-2-1-3-7-10;1-2-4-5-3-1;1-5(2,3)4;;/h21-25H,8-20H2,1-7H3;1-6,8-9H,13H2;1-5H2;1H3,(H,2,3,4);;/q;-1;;;;/t21-,22?,25?;;;;;/m1...../s1. The van der Waals surface area contributed by atoms with E-state index < -0.39 is 10.1 Å². The van der Waals surface area contributed by atoms with Crippen LogP contribution in [0, 0.1) is 12.0 Å². The van der Waals surface area contributed by atoms with Crippen molar-refractivity contribution in [3.63, 3.8) is 0 Å². The second-order valence-corrected chi connectivity index (χ2v) is 26.9. The van der Waals surface area contributed by atoms with Gasteiger partial charge in [-0.1, -0.05) is 159 Å². The van der Waals surface area contributed by atoms with Gasteiger partial charge in [0.2, 0.25) is 0 Å². The van der Waals surface area contributed by atoms with E-state index in [2.05, 4.69) is 54.5 Å². The van der Waals surface area contributed by atoms with Crippen molar-refractivity contribution < 1.29 is 50.5 Å². The predicted molar refractivity (Wildman–Crippen MR) is 233 cm³/mol. The summed E-state index contributed by atoms with van der Waals surface area (Å²) in [6, 6.07) is 18.8. The summed E-state index contributed by atoms with van der Waals surface area (Å²) in [5.41, 5.74) is 13.1. The molecule has 3 N–H and O–H groups in total. The molecule has 0 saturated heterocycles. The molecule has 9 heteroatoms. The Labute approximate surface area is 360 Å². The number of nitrogen functional groups attached to an aromatic ring is 1. The van der Waals surface area contributed by atoms with Crippen LogP contribution in [0.3, 0.4) is 0 Å². The minimum Gasteiger partial charge on any atom is -0.406 e. The van der Waals surface area contributed by atoms with Gasteiger partial charge in [-0.25, -0.2) is 0 Å². The van der Waals surface area contributed by atoms with Gasteiger partial charge in [0.25, 0.3) is 10.1 Å². The molecule has 54 heavy (non-hydrogen) atoms. The Hall–Kier alpha value is 0.192. The molecule has 2 aromatic carbocycles. The average molecular weight is 935 g/mol. The first-order valence-corrected chi connectivity index (χ1v) is 25.6. The van der Waals surface area contributed by atoms with Crippen molar-refractivity contribution in [3.8, 4) is 11.1 Å². The van der Waals surface area contributed by atoms with Crippen LogP contribution >= 0.6 is 15.8 Å². The molecule has 0 radical (unpaired) electrons. The number of nitrogens with two attached hydrogens (primary N) is 1. The number of rotatable bonds is 6. The summed E-state index contributed by atoms with van der Waals surface area (Å²) in [7, 11) is -3.36. The topological polar surface area (TPSA) is 80.4 Å². The van der Waals surface area contributed by atoms with Gasteiger partial charge in [0, 0.05) is 37.5 Å². The SMILES string of the molecule is C1CCCC1.CS(=O)(=O)O.C[C@H](C1CCC(P(C2CCCCC2)C2CCCCC2)C1)P(C(C)(C)C)C(C)(C)C.Nc1ccccc1-c1[c-]cccc1.[Fe].[Pd]. The second-order valence-electron chi connectivity index (χ2n) is 18.1. The maximum absolute atomic E-state index is 9.19. The number of benzene rings is 2. The average Bonchev–Trinajstić information content (AvgIpc) is 3.82. The summed E-state index contributed by atoms with van der Waals surface area (Å²) < 4.78 is 25.9. The minimum atomic E-state index is -3.67. The molecule has 4 aliphatic rings. The van der Waals surface area contributed by atoms with E-state index in [1.807, 2.05) is 48.5 Å². The Morgan fingerprint density at radius 1 is 0.704 bits per heavy atom. The molecule has 0 aliphatic heterocycles. The molecule has 0 heterocycles. The molecule has 4 fully saturated rings. The van der Waals surface area contributed by atoms with Gasteiger partial charge in [0.05, 0.1) is 6.26 Å². The van der Waals surface area contributed by atoms with E-state index in [4.69, 9.17) is 10.3 Å². The van der Waals surface area contributed by atoms with Gasteiger partial charge < -0.3 is 5.73 Å². The van der Waals surface area contributed by atoms with Gasteiger partial charge in [-0.15, -0.1) is 35.9 Å². The van der Waals surface area contributed by atoms with E-state index in [9.17, 15) is 8.42 Å². The molecule has 2 aromatic rings. The fourth-order valence-electron chi connectivity index (χ4n) is 9.98. The largest absolute Gasteiger partial charge is 0.406 e. The van der Waals surface area contributed by atoms with Crippen molar-refractivity contribution in [2.45, 2.75) is 197 Å². The van der Waals surface area contributed by atoms with Gasteiger partial charge in [0.1, 0.15) is 0 Å². The van der Waals surface area contributed by atoms with Crippen LogP contribution in [0.4, 0.5) is 5.69 Å². The molecule has 0 bridgehead atoms. The maximum Gasteiger partial charge on any atom is 0.261 e. The van der Waals surface area contributed by atoms with Gasteiger partial charge in [0.15, 0.2) is 0 Å². The van der Waals surface area contributed by atoms with Gasteiger partial charge >= 0.3 is 0 Å². The molecule has 0 spiro atoms. The maximum atomic E-state index is 9.19. The molecular formula is C45H76FeNO3P2PdS-. The molecule has 4 saturated carbocycles. The zero-order valence-corrected chi connectivity index (χ0v) is 40.3. The monoisotopic (exact) mass is 934 g/mol. The van der Waals surface area contributed by atoms with Crippen molar-refractivity contribution in [2.24, 2.45) is 5.92 Å². The third-order valence-electron chi connectivity index (χ3n) is 11.6. The minimum absolute atomic E-state index is 0. The summed E-state index contributed by atoms with van der Waals surface area (Å²) in [4.78, 5) is 0. The first kappa shape index (κ1) is 52.2. The molecule has 314 valence electrons. The zero-order valence-electron chi connectivity index (χ0n) is 35.0. The molecule has 6 rings (SSSR count). The van der Waals surface area contributed by atoms with Gasteiger partial charge in [-0.3, -0.25) is 4.55 Å². The molecule has 0 amide bonds. The van der Waals surface area contributed by atoms with E-state index in [0.29, 0.717) is 16.6 Å². The van der Waals surface area contributed by atoms with Gasteiger partial charge in [-0.2, -0.15) is 8.42 Å². The summed E-state index contributed by atoms with van der Waals surface area (Å²) in [6.07, 6.45) is 28.6. The van der Waals surface area contributed by atoms with Crippen LogP contribution in [0.2, 0.25) is 0 Å². The van der Waals surface area contributed by atoms with Crippen LogP contribution in [0.5, 0.6) is 0 Å². The number of para-hydroxylation sites is 1. The molecule has 0 aromatic heterocycles. The van der Waals surface area contributed by atoms with Crippen molar-refractivity contribution in [3.05, 3.63) is 54.6 Å². The van der Waals surface area contributed by atoms with E-state index >= 15 is 0 Å². The molecule has 3 atom stereocenters. The van der Waals surface area contributed by atoms with Crippen LogP contribution in [0.1, 0.15) is 164 Å². The summed E-state index contributed by atoms with van der Waals surface area (Å²) >= 11 is 0. The van der Waals surface area contributed by atoms with E-state index in [1.54, 1.807) is 70.6 Å². The molecule has 4 nitrogen and oxygen atoms in total. The molecule has 2 unspecified atom stereocenters. The van der Waals surface area contributed by atoms with Crippen LogP contribution < -0.4 is 5.73 Å². The number of anilines is 1. The normalized spacial score (nSPS) is 21.6. The molecule has 4 aliphatic carbocycles. The van der Waals surface area contributed by atoms with Crippen molar-refractivity contribution in [2.75, 3.05) is 12.0 Å². The van der Waals surface area contributed by atoms with Crippen molar-refractivity contribution in [1.82, 2.24) is 0 Å². The Morgan fingerprint density at radius 3 is 1.54 bits per heavy atom. The summed E-state index contributed by atoms with van der Waals surface area (Å²) in [5, 5.41) is 0.950. The van der Waals surface area contributed by atoms with Gasteiger partial charge in [-0.05, 0) is 95.6 Å². The van der Waals surface area contributed by atoms with Crippen LogP contribution in [0.25, 0.3) is 11.1 Å². The van der Waals surface area contributed by atoms with Crippen molar-refractivity contribution in [1.29, 1.82) is 0 Å². The van der Waals surface area contributed by atoms with Crippen LogP contribution in [-0.2, 0) is 47.6 Å². The van der Waals surface area contributed by atoms with Crippen molar-refractivity contribution >= 4 is 31.6 Å². The fourth-order valence-corrected chi connectivity index (χ4v) is 19.8. The number of hydrogen-bond acceptors (Lipinski definition) is 3. The quantitative estimate of drug-likeness (QED) is 0.0994. The van der Waals surface area contributed by atoms with E-state index in [0.717, 1.165) is 45.4 Å². The third kappa shape index (κ3) is 18.8. The second kappa shape index (κ2) is 25.6. The fraction of sp³-hybridized carbons (Fsp3) is 0.733.